The van der Waals surface area contributed by atoms with Gasteiger partial charge >= 0.3 is 0 Å². The molecular formula is C12H16N2O2. The highest BCUT2D eigenvalue weighted by Crippen LogP contribution is 2.18. The van der Waals surface area contributed by atoms with Crippen LogP contribution in [0.15, 0.2) is 24.3 Å². The van der Waals surface area contributed by atoms with Crippen molar-refractivity contribution < 1.29 is 9.84 Å². The van der Waals surface area contributed by atoms with Crippen molar-refractivity contribution in [3.63, 3.8) is 0 Å². The molecule has 16 heavy (non-hydrogen) atoms. The SMILES string of the molecule is COCC(O)CN(C)c1ccccc1C#N. The zero-order valence-electron chi connectivity index (χ0n) is 9.55. The summed E-state index contributed by atoms with van der Waals surface area (Å²) in [6.45, 7) is 0.728. The summed E-state index contributed by atoms with van der Waals surface area (Å²) < 4.78 is 4.86. The average molecular weight is 220 g/mol. The van der Waals surface area contributed by atoms with E-state index in [0.29, 0.717) is 18.7 Å². The van der Waals surface area contributed by atoms with Crippen LogP contribution in [0.1, 0.15) is 5.56 Å². The topological polar surface area (TPSA) is 56.5 Å². The number of rotatable bonds is 5. The average Bonchev–Trinajstić information content (AvgIpc) is 2.29. The third-order valence-corrected chi connectivity index (χ3v) is 2.28. The minimum atomic E-state index is -0.554. The molecule has 1 aromatic rings. The molecule has 4 heteroatoms. The number of nitriles is 1. The molecule has 0 aliphatic rings. The Hall–Kier alpha value is -1.57. The lowest BCUT2D eigenvalue weighted by molar-refractivity contribution is 0.0695. The number of para-hydroxylation sites is 1. The summed E-state index contributed by atoms with van der Waals surface area (Å²) in [4.78, 5) is 1.85. The largest absolute Gasteiger partial charge is 0.389 e. The minimum Gasteiger partial charge on any atom is -0.389 e. The Labute approximate surface area is 95.7 Å². The van der Waals surface area contributed by atoms with Gasteiger partial charge in [-0.15, -0.1) is 0 Å². The second-order valence-corrected chi connectivity index (χ2v) is 3.62. The summed E-state index contributed by atoms with van der Waals surface area (Å²) in [5, 5.41) is 18.5. The molecule has 0 aliphatic heterocycles. The van der Waals surface area contributed by atoms with Gasteiger partial charge in [0.15, 0.2) is 0 Å². The molecular weight excluding hydrogens is 204 g/mol. The van der Waals surface area contributed by atoms with Crippen LogP contribution in [0.2, 0.25) is 0 Å². The number of aliphatic hydroxyl groups excluding tert-OH is 1. The third kappa shape index (κ3) is 3.23. The molecule has 0 bridgehead atoms. The molecule has 1 atom stereocenters. The number of aliphatic hydroxyl groups is 1. The predicted octanol–water partition coefficient (Wildman–Crippen LogP) is 1.00. The normalized spacial score (nSPS) is 11.9. The van der Waals surface area contributed by atoms with Gasteiger partial charge in [0.2, 0.25) is 0 Å². The van der Waals surface area contributed by atoms with Gasteiger partial charge in [-0.1, -0.05) is 12.1 Å². The maximum Gasteiger partial charge on any atom is 0.101 e. The van der Waals surface area contributed by atoms with E-state index in [1.165, 1.54) is 0 Å². The number of benzene rings is 1. The molecule has 0 saturated heterocycles. The third-order valence-electron chi connectivity index (χ3n) is 2.28. The highest BCUT2D eigenvalue weighted by Gasteiger charge is 2.11. The fourth-order valence-electron chi connectivity index (χ4n) is 1.56. The van der Waals surface area contributed by atoms with Crippen molar-refractivity contribution in [1.29, 1.82) is 5.26 Å². The Morgan fingerprint density at radius 2 is 2.19 bits per heavy atom. The number of nitrogens with zero attached hydrogens (tertiary/aromatic N) is 2. The van der Waals surface area contributed by atoms with Gasteiger partial charge in [0.1, 0.15) is 6.07 Å². The summed E-state index contributed by atoms with van der Waals surface area (Å²) in [5.74, 6) is 0. The van der Waals surface area contributed by atoms with E-state index in [9.17, 15) is 5.11 Å². The molecule has 0 saturated carbocycles. The van der Waals surface area contributed by atoms with Crippen molar-refractivity contribution in [2.75, 3.05) is 32.2 Å². The summed E-state index contributed by atoms with van der Waals surface area (Å²) in [7, 11) is 3.39. The van der Waals surface area contributed by atoms with E-state index >= 15 is 0 Å². The Morgan fingerprint density at radius 1 is 1.50 bits per heavy atom. The van der Waals surface area contributed by atoms with Crippen LogP contribution in [0.3, 0.4) is 0 Å². The Bertz CT molecular complexity index is 374. The first-order valence-electron chi connectivity index (χ1n) is 5.06. The van der Waals surface area contributed by atoms with Crippen molar-refractivity contribution in [3.05, 3.63) is 29.8 Å². The monoisotopic (exact) mass is 220 g/mol. The van der Waals surface area contributed by atoms with Crippen LogP contribution in [0.25, 0.3) is 0 Å². The zero-order chi connectivity index (χ0) is 12.0. The zero-order valence-corrected chi connectivity index (χ0v) is 9.55. The molecule has 0 amide bonds. The Balaban J connectivity index is 2.73. The summed E-state index contributed by atoms with van der Waals surface area (Å²) in [6.07, 6.45) is -0.554. The molecule has 4 nitrogen and oxygen atoms in total. The van der Waals surface area contributed by atoms with Crippen LogP contribution < -0.4 is 4.90 Å². The summed E-state index contributed by atoms with van der Waals surface area (Å²) in [5.41, 5.74) is 1.43. The smallest absolute Gasteiger partial charge is 0.101 e. The van der Waals surface area contributed by atoms with Crippen LogP contribution >= 0.6 is 0 Å². The number of likely N-dealkylation sites (N-methyl/N-ethyl adjacent to an activating group) is 1. The van der Waals surface area contributed by atoms with E-state index in [-0.39, 0.29) is 0 Å². The molecule has 1 unspecified atom stereocenters. The molecule has 1 aromatic carbocycles. The lowest BCUT2D eigenvalue weighted by Gasteiger charge is -2.23. The van der Waals surface area contributed by atoms with E-state index in [4.69, 9.17) is 10.00 Å². The van der Waals surface area contributed by atoms with Gasteiger partial charge in [-0.05, 0) is 12.1 Å². The number of hydrogen-bond donors (Lipinski definition) is 1. The van der Waals surface area contributed by atoms with Gasteiger partial charge < -0.3 is 14.7 Å². The lowest BCUT2D eigenvalue weighted by Crippen LogP contribution is -2.32. The van der Waals surface area contributed by atoms with Crippen molar-refractivity contribution in [3.8, 4) is 6.07 Å². The van der Waals surface area contributed by atoms with Gasteiger partial charge in [0, 0.05) is 20.7 Å². The molecule has 1 N–H and O–H groups in total. The van der Waals surface area contributed by atoms with E-state index in [1.807, 2.05) is 30.1 Å². The molecule has 0 aromatic heterocycles. The van der Waals surface area contributed by atoms with E-state index in [2.05, 4.69) is 6.07 Å². The second-order valence-electron chi connectivity index (χ2n) is 3.62. The van der Waals surface area contributed by atoms with Gasteiger partial charge in [0.05, 0.1) is 24.0 Å². The second kappa shape index (κ2) is 6.11. The number of ether oxygens (including phenoxy) is 1. The van der Waals surface area contributed by atoms with Crippen molar-refractivity contribution in [2.45, 2.75) is 6.10 Å². The summed E-state index contributed by atoms with van der Waals surface area (Å²) >= 11 is 0. The van der Waals surface area contributed by atoms with Crippen LogP contribution in [0.4, 0.5) is 5.69 Å². The van der Waals surface area contributed by atoms with Gasteiger partial charge in [-0.3, -0.25) is 0 Å². The first-order valence-corrected chi connectivity index (χ1v) is 5.06. The van der Waals surface area contributed by atoms with Crippen molar-refractivity contribution in [2.24, 2.45) is 0 Å². The van der Waals surface area contributed by atoms with Crippen LogP contribution in [0, 0.1) is 11.3 Å². The van der Waals surface area contributed by atoms with E-state index < -0.39 is 6.10 Å². The number of methoxy groups -OCH3 is 1. The van der Waals surface area contributed by atoms with Crippen molar-refractivity contribution >= 4 is 5.69 Å². The van der Waals surface area contributed by atoms with Crippen LogP contribution in [-0.4, -0.2) is 38.5 Å². The van der Waals surface area contributed by atoms with Gasteiger partial charge in [-0.2, -0.15) is 5.26 Å². The maximum atomic E-state index is 9.59. The van der Waals surface area contributed by atoms with E-state index in [0.717, 1.165) is 5.69 Å². The lowest BCUT2D eigenvalue weighted by atomic mass is 10.1. The van der Waals surface area contributed by atoms with Crippen LogP contribution in [0.5, 0.6) is 0 Å². The predicted molar refractivity (Wildman–Crippen MR) is 62.3 cm³/mol. The molecule has 0 aliphatic carbocycles. The summed E-state index contributed by atoms with van der Waals surface area (Å²) in [6, 6.07) is 9.44. The highest BCUT2D eigenvalue weighted by molar-refractivity contribution is 5.58. The Morgan fingerprint density at radius 3 is 2.81 bits per heavy atom. The molecule has 0 heterocycles. The maximum absolute atomic E-state index is 9.59. The molecule has 1 rings (SSSR count). The molecule has 0 radical (unpaired) electrons. The highest BCUT2D eigenvalue weighted by atomic mass is 16.5. The minimum absolute atomic E-state index is 0.291. The molecule has 0 fully saturated rings. The fraction of sp³-hybridized carbons (Fsp3) is 0.417. The first kappa shape index (κ1) is 12.5. The molecule has 0 spiro atoms. The van der Waals surface area contributed by atoms with Gasteiger partial charge in [0.25, 0.3) is 0 Å². The number of anilines is 1. The first-order chi connectivity index (χ1) is 7.69. The fourth-order valence-corrected chi connectivity index (χ4v) is 1.56. The number of hydrogen-bond acceptors (Lipinski definition) is 4. The Kier molecular flexibility index (Phi) is 4.77. The van der Waals surface area contributed by atoms with Crippen molar-refractivity contribution in [1.82, 2.24) is 0 Å². The van der Waals surface area contributed by atoms with E-state index in [1.54, 1.807) is 13.2 Å². The molecule has 86 valence electrons. The van der Waals surface area contributed by atoms with Gasteiger partial charge in [-0.25, -0.2) is 0 Å². The standard InChI is InChI=1S/C12H16N2O2/c1-14(8-11(15)9-16-2)12-6-4-3-5-10(12)7-13/h3-6,11,15H,8-9H2,1-2H3. The van der Waals surface area contributed by atoms with Crippen LogP contribution in [-0.2, 0) is 4.74 Å². The quantitative estimate of drug-likeness (QED) is 0.804.